The van der Waals surface area contributed by atoms with Crippen LogP contribution in [-0.4, -0.2) is 45.3 Å². The predicted octanol–water partition coefficient (Wildman–Crippen LogP) is 1.51. The molecule has 1 aliphatic rings. The standard InChI is InChI=1S/C12H16ClN3O2/c1-16(8-12(18)6-2-3-7-12)11(17)9-4-5-10(13)15-14-9/h4-5,18H,2-3,6-8H2,1H3. The number of amides is 1. The average molecular weight is 270 g/mol. The number of halogens is 1. The van der Waals surface area contributed by atoms with Crippen LogP contribution in [0.25, 0.3) is 0 Å². The number of hydrogen-bond acceptors (Lipinski definition) is 4. The molecule has 0 atom stereocenters. The van der Waals surface area contributed by atoms with Gasteiger partial charge < -0.3 is 10.0 Å². The van der Waals surface area contributed by atoms with Crippen LogP contribution < -0.4 is 0 Å². The van der Waals surface area contributed by atoms with Crippen molar-refractivity contribution in [1.82, 2.24) is 15.1 Å². The fourth-order valence-corrected chi connectivity index (χ4v) is 2.43. The van der Waals surface area contributed by atoms with Gasteiger partial charge in [0, 0.05) is 13.6 Å². The Kier molecular flexibility index (Phi) is 3.82. The molecule has 1 amide bonds. The van der Waals surface area contributed by atoms with E-state index in [-0.39, 0.29) is 16.8 Å². The van der Waals surface area contributed by atoms with Crippen LogP contribution in [0.5, 0.6) is 0 Å². The smallest absolute Gasteiger partial charge is 0.274 e. The monoisotopic (exact) mass is 269 g/mol. The fraction of sp³-hybridized carbons (Fsp3) is 0.583. The van der Waals surface area contributed by atoms with E-state index < -0.39 is 5.60 Å². The minimum Gasteiger partial charge on any atom is -0.388 e. The van der Waals surface area contributed by atoms with Crippen LogP contribution in [0.2, 0.25) is 5.15 Å². The third-order valence-electron chi connectivity index (χ3n) is 3.26. The summed E-state index contributed by atoms with van der Waals surface area (Å²) in [5, 5.41) is 17.9. The number of carbonyl (C=O) groups is 1. The minimum absolute atomic E-state index is 0.239. The zero-order valence-corrected chi connectivity index (χ0v) is 11.0. The van der Waals surface area contributed by atoms with Crippen LogP contribution in [-0.2, 0) is 0 Å². The molecule has 0 aromatic carbocycles. The van der Waals surface area contributed by atoms with Crippen molar-refractivity contribution in [3.8, 4) is 0 Å². The summed E-state index contributed by atoms with van der Waals surface area (Å²) in [5.74, 6) is -0.250. The second-order valence-corrected chi connectivity index (χ2v) is 5.22. The Balaban J connectivity index is 2.02. The highest BCUT2D eigenvalue weighted by Gasteiger charge is 2.33. The molecule has 0 saturated heterocycles. The lowest BCUT2D eigenvalue weighted by molar-refractivity contribution is 0.0154. The van der Waals surface area contributed by atoms with Crippen LogP contribution in [0.4, 0.5) is 0 Å². The Bertz CT molecular complexity index is 429. The van der Waals surface area contributed by atoms with E-state index in [4.69, 9.17) is 11.6 Å². The zero-order valence-electron chi connectivity index (χ0n) is 10.3. The van der Waals surface area contributed by atoms with Crippen molar-refractivity contribution in [3.05, 3.63) is 23.0 Å². The molecule has 0 radical (unpaired) electrons. The Morgan fingerprint density at radius 3 is 2.67 bits per heavy atom. The number of aliphatic hydroxyl groups is 1. The Morgan fingerprint density at radius 2 is 2.11 bits per heavy atom. The van der Waals surface area contributed by atoms with Crippen LogP contribution in [0, 0.1) is 0 Å². The number of nitrogens with zero attached hydrogens (tertiary/aromatic N) is 3. The van der Waals surface area contributed by atoms with Crippen molar-refractivity contribution >= 4 is 17.5 Å². The number of carbonyl (C=O) groups excluding carboxylic acids is 1. The molecule has 6 heteroatoms. The van der Waals surface area contributed by atoms with Gasteiger partial charge in [-0.2, -0.15) is 0 Å². The van der Waals surface area contributed by atoms with Gasteiger partial charge in [-0.3, -0.25) is 4.79 Å². The SMILES string of the molecule is CN(CC1(O)CCCC1)C(=O)c1ccc(Cl)nn1. The lowest BCUT2D eigenvalue weighted by Gasteiger charge is -2.28. The van der Waals surface area contributed by atoms with Gasteiger partial charge in [0.15, 0.2) is 10.8 Å². The predicted molar refractivity (Wildman–Crippen MR) is 67.4 cm³/mol. The van der Waals surface area contributed by atoms with Gasteiger partial charge in [0.05, 0.1) is 5.60 Å². The molecule has 0 bridgehead atoms. The largest absolute Gasteiger partial charge is 0.388 e. The lowest BCUT2D eigenvalue weighted by Crippen LogP contribution is -2.42. The van der Waals surface area contributed by atoms with Crippen molar-refractivity contribution in [2.75, 3.05) is 13.6 Å². The summed E-state index contributed by atoms with van der Waals surface area (Å²) in [4.78, 5) is 13.5. The molecular weight excluding hydrogens is 254 g/mol. The fourth-order valence-electron chi connectivity index (χ4n) is 2.33. The molecule has 1 saturated carbocycles. The van der Waals surface area contributed by atoms with Crippen LogP contribution >= 0.6 is 11.6 Å². The molecule has 1 aromatic rings. The van der Waals surface area contributed by atoms with Crippen molar-refractivity contribution in [2.45, 2.75) is 31.3 Å². The van der Waals surface area contributed by atoms with Gasteiger partial charge in [0.25, 0.3) is 5.91 Å². The van der Waals surface area contributed by atoms with Gasteiger partial charge in [0.1, 0.15) is 0 Å². The molecule has 1 heterocycles. The highest BCUT2D eigenvalue weighted by molar-refractivity contribution is 6.29. The molecular formula is C12H16ClN3O2. The Labute approximate surface area is 111 Å². The molecule has 0 unspecified atom stereocenters. The summed E-state index contributed by atoms with van der Waals surface area (Å²) in [6, 6.07) is 3.06. The van der Waals surface area contributed by atoms with E-state index in [1.807, 2.05) is 0 Å². The molecule has 0 aliphatic heterocycles. The number of hydrogen-bond donors (Lipinski definition) is 1. The van der Waals surface area contributed by atoms with E-state index >= 15 is 0 Å². The van der Waals surface area contributed by atoms with Crippen molar-refractivity contribution < 1.29 is 9.90 Å². The van der Waals surface area contributed by atoms with Gasteiger partial charge >= 0.3 is 0 Å². The second-order valence-electron chi connectivity index (χ2n) is 4.83. The summed E-state index contributed by atoms with van der Waals surface area (Å²) < 4.78 is 0. The van der Waals surface area contributed by atoms with Gasteiger partial charge in [-0.05, 0) is 25.0 Å². The number of aromatic nitrogens is 2. The van der Waals surface area contributed by atoms with Crippen molar-refractivity contribution in [2.24, 2.45) is 0 Å². The molecule has 98 valence electrons. The van der Waals surface area contributed by atoms with Crippen LogP contribution in [0.1, 0.15) is 36.2 Å². The minimum atomic E-state index is -0.746. The van der Waals surface area contributed by atoms with E-state index in [0.717, 1.165) is 25.7 Å². The van der Waals surface area contributed by atoms with Crippen molar-refractivity contribution in [1.29, 1.82) is 0 Å². The van der Waals surface area contributed by atoms with E-state index in [9.17, 15) is 9.90 Å². The first kappa shape index (κ1) is 13.2. The summed E-state index contributed by atoms with van der Waals surface area (Å²) in [6.45, 7) is 0.330. The van der Waals surface area contributed by atoms with Crippen LogP contribution in [0.3, 0.4) is 0 Å². The summed E-state index contributed by atoms with van der Waals surface area (Å²) >= 11 is 5.62. The van der Waals surface area contributed by atoms with E-state index in [1.165, 1.54) is 17.0 Å². The van der Waals surface area contributed by atoms with E-state index in [0.29, 0.717) is 6.54 Å². The van der Waals surface area contributed by atoms with E-state index in [2.05, 4.69) is 10.2 Å². The van der Waals surface area contributed by atoms with Gasteiger partial charge in [0.2, 0.25) is 0 Å². The number of likely N-dealkylation sites (N-methyl/N-ethyl adjacent to an activating group) is 1. The average Bonchev–Trinajstić information content (AvgIpc) is 2.76. The highest BCUT2D eigenvalue weighted by Crippen LogP contribution is 2.30. The zero-order chi connectivity index (χ0) is 13.2. The topological polar surface area (TPSA) is 66.3 Å². The molecule has 1 aliphatic carbocycles. The highest BCUT2D eigenvalue weighted by atomic mass is 35.5. The maximum atomic E-state index is 12.1. The number of rotatable bonds is 3. The van der Waals surface area contributed by atoms with Crippen LogP contribution in [0.15, 0.2) is 12.1 Å². The molecule has 5 nitrogen and oxygen atoms in total. The molecule has 1 fully saturated rings. The summed E-state index contributed by atoms with van der Waals surface area (Å²) in [6.07, 6.45) is 3.52. The lowest BCUT2D eigenvalue weighted by atomic mass is 10.0. The second kappa shape index (κ2) is 5.20. The van der Waals surface area contributed by atoms with Gasteiger partial charge in [-0.15, -0.1) is 10.2 Å². The molecule has 1 N–H and O–H groups in total. The third-order valence-corrected chi connectivity index (χ3v) is 3.47. The van der Waals surface area contributed by atoms with Gasteiger partial charge in [-0.25, -0.2) is 0 Å². The Morgan fingerprint density at radius 1 is 1.44 bits per heavy atom. The first-order valence-electron chi connectivity index (χ1n) is 5.97. The molecule has 2 rings (SSSR count). The van der Waals surface area contributed by atoms with Crippen molar-refractivity contribution in [3.63, 3.8) is 0 Å². The van der Waals surface area contributed by atoms with Gasteiger partial charge in [-0.1, -0.05) is 24.4 Å². The Hall–Kier alpha value is -1.20. The van der Waals surface area contributed by atoms with E-state index in [1.54, 1.807) is 7.05 Å². The summed E-state index contributed by atoms with van der Waals surface area (Å²) in [5.41, 5.74) is -0.506. The normalized spacial score (nSPS) is 17.7. The molecule has 18 heavy (non-hydrogen) atoms. The molecule has 0 spiro atoms. The first-order valence-corrected chi connectivity index (χ1v) is 6.35. The third kappa shape index (κ3) is 2.97. The summed E-state index contributed by atoms with van der Waals surface area (Å²) in [7, 11) is 1.66. The maximum Gasteiger partial charge on any atom is 0.274 e. The first-order chi connectivity index (χ1) is 8.50. The maximum absolute atomic E-state index is 12.1. The molecule has 1 aromatic heterocycles. The quantitative estimate of drug-likeness (QED) is 0.903.